The third-order valence-corrected chi connectivity index (χ3v) is 5.05. The molecular weight excluding hydrogens is 268 g/mol. The van der Waals surface area contributed by atoms with Crippen molar-refractivity contribution in [2.45, 2.75) is 47.0 Å². The van der Waals surface area contributed by atoms with Crippen LogP contribution in [0, 0.1) is 10.8 Å². The van der Waals surface area contributed by atoms with Gasteiger partial charge in [0.05, 0.1) is 0 Å². The Balaban J connectivity index is 2.48. The van der Waals surface area contributed by atoms with E-state index in [-0.39, 0.29) is 16.2 Å². The summed E-state index contributed by atoms with van der Waals surface area (Å²) in [6.07, 6.45) is 0. The number of benzene rings is 2. The normalized spacial score (nSPS) is 16.5. The Morgan fingerprint density at radius 1 is 0.636 bits per heavy atom. The van der Waals surface area contributed by atoms with Gasteiger partial charge in [0.1, 0.15) is 11.5 Å². The SMILES string of the molecule is CC(C)(C)C1(C(C)(C)C)c2ccccc2Oc2ccccc21. The Morgan fingerprint density at radius 2 is 1.00 bits per heavy atom. The minimum atomic E-state index is -0.106. The molecule has 0 aromatic heterocycles. The van der Waals surface area contributed by atoms with Gasteiger partial charge in [-0.1, -0.05) is 77.9 Å². The lowest BCUT2D eigenvalue weighted by Gasteiger charge is -2.56. The molecule has 0 atom stereocenters. The van der Waals surface area contributed by atoms with E-state index in [4.69, 9.17) is 4.74 Å². The third-order valence-electron chi connectivity index (χ3n) is 5.05. The van der Waals surface area contributed by atoms with Gasteiger partial charge in [0.2, 0.25) is 0 Å². The van der Waals surface area contributed by atoms with Crippen LogP contribution in [0.25, 0.3) is 0 Å². The standard InChI is InChI=1S/C21H26O/c1-19(2,3)21(20(4,5)6)15-11-7-9-13-17(15)22-18-14-10-8-12-16(18)21/h7-14H,1-6H3. The number of para-hydroxylation sites is 2. The number of hydrogen-bond acceptors (Lipinski definition) is 1. The second kappa shape index (κ2) is 4.62. The van der Waals surface area contributed by atoms with Crippen molar-refractivity contribution in [3.05, 3.63) is 59.7 Å². The highest BCUT2D eigenvalue weighted by atomic mass is 16.5. The highest BCUT2D eigenvalue weighted by Gasteiger charge is 2.56. The molecule has 116 valence electrons. The van der Waals surface area contributed by atoms with E-state index in [0.717, 1.165) is 11.5 Å². The summed E-state index contributed by atoms with van der Waals surface area (Å²) < 4.78 is 6.22. The van der Waals surface area contributed by atoms with Crippen molar-refractivity contribution in [2.24, 2.45) is 10.8 Å². The molecule has 2 aromatic rings. The Labute approximate surface area is 134 Å². The third kappa shape index (κ3) is 1.84. The quantitative estimate of drug-likeness (QED) is 0.564. The molecule has 1 aliphatic heterocycles. The molecule has 0 N–H and O–H groups in total. The zero-order chi connectivity index (χ0) is 16.2. The fourth-order valence-electron chi connectivity index (χ4n) is 4.74. The van der Waals surface area contributed by atoms with Crippen LogP contribution in [0.5, 0.6) is 11.5 Å². The van der Waals surface area contributed by atoms with E-state index in [2.05, 4.69) is 90.1 Å². The molecule has 0 fully saturated rings. The van der Waals surface area contributed by atoms with Gasteiger partial charge in [0.15, 0.2) is 0 Å². The van der Waals surface area contributed by atoms with E-state index < -0.39 is 0 Å². The molecule has 3 rings (SSSR count). The van der Waals surface area contributed by atoms with Gasteiger partial charge >= 0.3 is 0 Å². The van der Waals surface area contributed by atoms with Crippen molar-refractivity contribution in [3.8, 4) is 11.5 Å². The fourth-order valence-corrected chi connectivity index (χ4v) is 4.74. The molecule has 1 nitrogen and oxygen atoms in total. The van der Waals surface area contributed by atoms with E-state index >= 15 is 0 Å². The fraction of sp³-hybridized carbons (Fsp3) is 0.429. The maximum Gasteiger partial charge on any atom is 0.131 e. The molecule has 22 heavy (non-hydrogen) atoms. The maximum atomic E-state index is 6.22. The smallest absolute Gasteiger partial charge is 0.131 e. The van der Waals surface area contributed by atoms with E-state index in [1.807, 2.05) is 0 Å². The predicted molar refractivity (Wildman–Crippen MR) is 92.6 cm³/mol. The second-order valence-corrected chi connectivity index (χ2v) is 8.34. The van der Waals surface area contributed by atoms with E-state index in [0.29, 0.717) is 0 Å². The largest absolute Gasteiger partial charge is 0.457 e. The molecule has 1 heterocycles. The summed E-state index contributed by atoms with van der Waals surface area (Å²) in [5.41, 5.74) is 2.61. The lowest BCUT2D eigenvalue weighted by molar-refractivity contribution is 0.0800. The summed E-state index contributed by atoms with van der Waals surface area (Å²) in [7, 11) is 0. The van der Waals surface area contributed by atoms with Crippen molar-refractivity contribution < 1.29 is 4.74 Å². The molecule has 1 heteroatoms. The number of ether oxygens (including phenoxy) is 1. The highest BCUT2D eigenvalue weighted by molar-refractivity contribution is 5.60. The lowest BCUT2D eigenvalue weighted by Crippen LogP contribution is -2.52. The highest BCUT2D eigenvalue weighted by Crippen LogP contribution is 2.63. The summed E-state index contributed by atoms with van der Waals surface area (Å²) in [5, 5.41) is 0. The average molecular weight is 294 g/mol. The van der Waals surface area contributed by atoms with Crippen molar-refractivity contribution in [2.75, 3.05) is 0 Å². The van der Waals surface area contributed by atoms with E-state index in [1.54, 1.807) is 0 Å². The Kier molecular flexibility index (Phi) is 3.18. The molecule has 2 aromatic carbocycles. The summed E-state index contributed by atoms with van der Waals surface area (Å²) in [4.78, 5) is 0. The maximum absolute atomic E-state index is 6.22. The van der Waals surface area contributed by atoms with Gasteiger partial charge in [-0.05, 0) is 23.0 Å². The monoisotopic (exact) mass is 294 g/mol. The van der Waals surface area contributed by atoms with Crippen molar-refractivity contribution in [1.29, 1.82) is 0 Å². The van der Waals surface area contributed by atoms with Crippen molar-refractivity contribution >= 4 is 0 Å². The molecule has 0 saturated carbocycles. The van der Waals surface area contributed by atoms with Crippen LogP contribution < -0.4 is 4.74 Å². The Morgan fingerprint density at radius 3 is 1.36 bits per heavy atom. The Hall–Kier alpha value is -1.76. The first kappa shape index (κ1) is 15.1. The van der Waals surface area contributed by atoms with Crippen LogP contribution in [0.3, 0.4) is 0 Å². The van der Waals surface area contributed by atoms with Crippen molar-refractivity contribution in [3.63, 3.8) is 0 Å². The molecule has 0 amide bonds. The number of rotatable bonds is 0. The predicted octanol–water partition coefficient (Wildman–Crippen LogP) is 6.17. The summed E-state index contributed by atoms with van der Waals surface area (Å²) in [5.74, 6) is 1.98. The van der Waals surface area contributed by atoms with Gasteiger partial charge in [0.25, 0.3) is 0 Å². The first-order valence-corrected chi connectivity index (χ1v) is 8.06. The molecule has 0 spiro atoms. The summed E-state index contributed by atoms with van der Waals surface area (Å²) in [6.45, 7) is 14.1. The topological polar surface area (TPSA) is 9.23 Å². The zero-order valence-electron chi connectivity index (χ0n) is 14.5. The van der Waals surface area contributed by atoms with Crippen LogP contribution >= 0.6 is 0 Å². The van der Waals surface area contributed by atoms with Crippen LogP contribution in [0.2, 0.25) is 0 Å². The van der Waals surface area contributed by atoms with Gasteiger partial charge in [-0.3, -0.25) is 0 Å². The molecule has 1 aliphatic rings. The van der Waals surface area contributed by atoms with Crippen LogP contribution in [-0.2, 0) is 5.41 Å². The van der Waals surface area contributed by atoms with Gasteiger partial charge in [-0.15, -0.1) is 0 Å². The molecule has 0 unspecified atom stereocenters. The summed E-state index contributed by atoms with van der Waals surface area (Å²) >= 11 is 0. The zero-order valence-corrected chi connectivity index (χ0v) is 14.5. The lowest BCUT2D eigenvalue weighted by atomic mass is 9.48. The van der Waals surface area contributed by atoms with Crippen LogP contribution in [0.15, 0.2) is 48.5 Å². The molecule has 0 saturated heterocycles. The molecule has 0 radical (unpaired) electrons. The van der Waals surface area contributed by atoms with E-state index in [9.17, 15) is 0 Å². The van der Waals surface area contributed by atoms with Crippen LogP contribution in [-0.4, -0.2) is 0 Å². The summed E-state index contributed by atoms with van der Waals surface area (Å²) in [6, 6.07) is 17.0. The molecule has 0 aliphatic carbocycles. The van der Waals surface area contributed by atoms with Crippen LogP contribution in [0.1, 0.15) is 52.7 Å². The van der Waals surface area contributed by atoms with Crippen LogP contribution in [0.4, 0.5) is 0 Å². The molecule has 0 bridgehead atoms. The van der Waals surface area contributed by atoms with Gasteiger partial charge < -0.3 is 4.74 Å². The average Bonchev–Trinajstić information content (AvgIpc) is 2.41. The van der Waals surface area contributed by atoms with Crippen molar-refractivity contribution in [1.82, 2.24) is 0 Å². The van der Waals surface area contributed by atoms with Gasteiger partial charge in [-0.25, -0.2) is 0 Å². The van der Waals surface area contributed by atoms with Gasteiger partial charge in [-0.2, -0.15) is 0 Å². The second-order valence-electron chi connectivity index (χ2n) is 8.34. The number of fused-ring (bicyclic) bond motifs is 2. The van der Waals surface area contributed by atoms with Gasteiger partial charge in [0, 0.05) is 16.5 Å². The first-order chi connectivity index (χ1) is 10.2. The number of hydrogen-bond donors (Lipinski definition) is 0. The Bertz CT molecular complexity index is 637. The van der Waals surface area contributed by atoms with E-state index in [1.165, 1.54) is 11.1 Å². The first-order valence-electron chi connectivity index (χ1n) is 8.06. The minimum Gasteiger partial charge on any atom is -0.457 e. The minimum absolute atomic E-state index is 0.0568. The molecular formula is C21H26O.